The van der Waals surface area contributed by atoms with Crippen LogP contribution in [0, 0.1) is 6.92 Å². The Morgan fingerprint density at radius 1 is 0.880 bits per heavy atom. The normalized spacial score (nSPS) is 11.1. The Bertz CT molecular complexity index is 999. The molecule has 3 heteroatoms. The number of aromatic nitrogens is 2. The summed E-state index contributed by atoms with van der Waals surface area (Å²) in [6.45, 7) is 2.68. The van der Waals surface area contributed by atoms with Gasteiger partial charge in [-0.2, -0.15) is 0 Å². The molecular formula is C22H21N3. The Labute approximate surface area is 147 Å². The zero-order valence-electron chi connectivity index (χ0n) is 14.3. The molecule has 0 spiro atoms. The van der Waals surface area contributed by atoms with E-state index in [0.717, 1.165) is 23.5 Å². The summed E-state index contributed by atoms with van der Waals surface area (Å²) in [6.07, 6.45) is 2.87. The van der Waals surface area contributed by atoms with Gasteiger partial charge in [0.1, 0.15) is 5.65 Å². The molecule has 2 N–H and O–H groups in total. The van der Waals surface area contributed by atoms with Gasteiger partial charge in [-0.05, 0) is 42.3 Å². The summed E-state index contributed by atoms with van der Waals surface area (Å²) in [7, 11) is 0. The first-order valence-electron chi connectivity index (χ1n) is 8.60. The van der Waals surface area contributed by atoms with Crippen LogP contribution in [0.15, 0.2) is 72.9 Å². The third-order valence-electron chi connectivity index (χ3n) is 4.50. The minimum Gasteiger partial charge on any atom is -0.330 e. The fourth-order valence-electron chi connectivity index (χ4n) is 3.26. The van der Waals surface area contributed by atoms with Gasteiger partial charge < -0.3 is 5.73 Å². The molecule has 0 aliphatic rings. The molecule has 4 aromatic rings. The molecule has 0 bridgehead atoms. The van der Waals surface area contributed by atoms with E-state index < -0.39 is 0 Å². The zero-order chi connectivity index (χ0) is 17.2. The Balaban J connectivity index is 1.82. The minimum absolute atomic E-state index is 0.595. The van der Waals surface area contributed by atoms with Crippen LogP contribution in [0.2, 0.25) is 0 Å². The second kappa shape index (κ2) is 6.54. The lowest BCUT2D eigenvalue weighted by Crippen LogP contribution is -2.04. The van der Waals surface area contributed by atoms with Crippen LogP contribution >= 0.6 is 0 Å². The maximum Gasteiger partial charge on any atom is 0.137 e. The Kier molecular flexibility index (Phi) is 4.08. The molecule has 0 aliphatic carbocycles. The zero-order valence-corrected chi connectivity index (χ0v) is 14.3. The van der Waals surface area contributed by atoms with Crippen molar-refractivity contribution in [2.24, 2.45) is 5.73 Å². The van der Waals surface area contributed by atoms with E-state index in [-0.39, 0.29) is 0 Å². The average molecular weight is 327 g/mol. The van der Waals surface area contributed by atoms with Gasteiger partial charge in [-0.25, -0.2) is 4.98 Å². The number of pyridine rings is 1. The van der Waals surface area contributed by atoms with Crippen LogP contribution in [-0.4, -0.2) is 15.9 Å². The molecule has 0 saturated heterocycles. The Hall–Kier alpha value is -2.91. The van der Waals surface area contributed by atoms with Crippen LogP contribution in [0.4, 0.5) is 0 Å². The number of imidazole rings is 1. The van der Waals surface area contributed by atoms with Crippen LogP contribution in [-0.2, 0) is 6.42 Å². The van der Waals surface area contributed by atoms with Crippen molar-refractivity contribution in [1.29, 1.82) is 0 Å². The van der Waals surface area contributed by atoms with E-state index in [2.05, 4.69) is 78.2 Å². The fourth-order valence-corrected chi connectivity index (χ4v) is 3.26. The van der Waals surface area contributed by atoms with Crippen LogP contribution in [0.5, 0.6) is 0 Å². The molecule has 0 unspecified atom stereocenters. The second-order valence-electron chi connectivity index (χ2n) is 6.32. The quantitative estimate of drug-likeness (QED) is 0.600. The standard InChI is InChI=1S/C22H21N3/c1-16-12-14-25-21(15-16)24-20(11-13-23)22(25)19-9-7-18(8-10-19)17-5-3-2-4-6-17/h2-10,12,14-15H,11,13,23H2,1H3. The summed E-state index contributed by atoms with van der Waals surface area (Å²) in [5, 5.41) is 0. The number of hydrogen-bond acceptors (Lipinski definition) is 2. The number of nitrogens with two attached hydrogens (primary N) is 1. The van der Waals surface area contributed by atoms with E-state index in [4.69, 9.17) is 10.7 Å². The predicted molar refractivity (Wildman–Crippen MR) is 104 cm³/mol. The summed E-state index contributed by atoms with van der Waals surface area (Å²) >= 11 is 0. The highest BCUT2D eigenvalue weighted by molar-refractivity contribution is 5.72. The van der Waals surface area contributed by atoms with Gasteiger partial charge in [0, 0.05) is 18.2 Å². The molecule has 0 aliphatic heterocycles. The molecule has 2 aromatic carbocycles. The lowest BCUT2D eigenvalue weighted by atomic mass is 10.0. The van der Waals surface area contributed by atoms with Gasteiger partial charge in [0.15, 0.2) is 0 Å². The molecule has 124 valence electrons. The van der Waals surface area contributed by atoms with E-state index in [0.29, 0.717) is 6.54 Å². The summed E-state index contributed by atoms with van der Waals surface area (Å²) in [4.78, 5) is 4.80. The van der Waals surface area contributed by atoms with Crippen LogP contribution in [0.25, 0.3) is 28.0 Å². The first kappa shape index (κ1) is 15.6. The number of hydrogen-bond donors (Lipinski definition) is 1. The van der Waals surface area contributed by atoms with Gasteiger partial charge >= 0.3 is 0 Å². The maximum absolute atomic E-state index is 5.81. The summed E-state index contributed by atoms with van der Waals surface area (Å²) in [6, 6.07) is 23.3. The van der Waals surface area contributed by atoms with Crippen molar-refractivity contribution < 1.29 is 0 Å². The molecule has 25 heavy (non-hydrogen) atoms. The molecule has 0 radical (unpaired) electrons. The Morgan fingerprint density at radius 3 is 2.28 bits per heavy atom. The largest absolute Gasteiger partial charge is 0.330 e. The summed E-state index contributed by atoms with van der Waals surface area (Å²) in [5.41, 5.74) is 13.8. The molecule has 0 amide bonds. The van der Waals surface area contributed by atoms with Crippen molar-refractivity contribution in [3.8, 4) is 22.4 Å². The third kappa shape index (κ3) is 2.94. The number of aryl methyl sites for hydroxylation is 1. The molecule has 4 rings (SSSR count). The van der Waals surface area contributed by atoms with Gasteiger partial charge in [-0.3, -0.25) is 4.40 Å². The molecule has 3 nitrogen and oxygen atoms in total. The summed E-state index contributed by atoms with van der Waals surface area (Å²) in [5.74, 6) is 0. The lowest BCUT2D eigenvalue weighted by molar-refractivity contribution is 0.939. The maximum atomic E-state index is 5.81. The first-order chi connectivity index (χ1) is 12.3. The number of fused-ring (bicyclic) bond motifs is 1. The van der Waals surface area contributed by atoms with Crippen molar-refractivity contribution in [3.63, 3.8) is 0 Å². The van der Waals surface area contributed by atoms with Gasteiger partial charge in [0.05, 0.1) is 11.4 Å². The van der Waals surface area contributed by atoms with Crippen molar-refractivity contribution in [2.45, 2.75) is 13.3 Å². The van der Waals surface area contributed by atoms with E-state index in [9.17, 15) is 0 Å². The van der Waals surface area contributed by atoms with Gasteiger partial charge in [0.2, 0.25) is 0 Å². The van der Waals surface area contributed by atoms with Crippen LogP contribution in [0.3, 0.4) is 0 Å². The van der Waals surface area contributed by atoms with E-state index >= 15 is 0 Å². The lowest BCUT2D eigenvalue weighted by Gasteiger charge is -2.07. The third-order valence-corrected chi connectivity index (χ3v) is 4.50. The second-order valence-corrected chi connectivity index (χ2v) is 6.32. The fraction of sp³-hybridized carbons (Fsp3) is 0.136. The smallest absolute Gasteiger partial charge is 0.137 e. The number of nitrogens with zero attached hydrogens (tertiary/aromatic N) is 2. The van der Waals surface area contributed by atoms with Gasteiger partial charge in [-0.15, -0.1) is 0 Å². The highest BCUT2D eigenvalue weighted by atomic mass is 15.0. The molecule has 0 atom stereocenters. The van der Waals surface area contributed by atoms with E-state index in [1.54, 1.807) is 0 Å². The van der Waals surface area contributed by atoms with Crippen molar-refractivity contribution in [3.05, 3.63) is 84.2 Å². The molecule has 0 saturated carbocycles. The number of benzene rings is 2. The minimum atomic E-state index is 0.595. The van der Waals surface area contributed by atoms with Crippen molar-refractivity contribution in [2.75, 3.05) is 6.54 Å². The highest BCUT2D eigenvalue weighted by Gasteiger charge is 2.13. The number of rotatable bonds is 4. The first-order valence-corrected chi connectivity index (χ1v) is 8.60. The average Bonchev–Trinajstić information content (AvgIpc) is 3.00. The van der Waals surface area contributed by atoms with Crippen LogP contribution < -0.4 is 5.73 Å². The topological polar surface area (TPSA) is 43.3 Å². The Morgan fingerprint density at radius 2 is 1.56 bits per heavy atom. The van der Waals surface area contributed by atoms with Crippen LogP contribution in [0.1, 0.15) is 11.3 Å². The monoisotopic (exact) mass is 327 g/mol. The SMILES string of the molecule is Cc1ccn2c(-c3ccc(-c4ccccc4)cc3)c(CCN)nc2c1. The van der Waals surface area contributed by atoms with Crippen molar-refractivity contribution in [1.82, 2.24) is 9.38 Å². The molecule has 0 fully saturated rings. The molecule has 2 heterocycles. The van der Waals surface area contributed by atoms with Gasteiger partial charge in [-0.1, -0.05) is 54.6 Å². The van der Waals surface area contributed by atoms with E-state index in [1.165, 1.54) is 22.3 Å². The van der Waals surface area contributed by atoms with Crippen molar-refractivity contribution >= 4 is 5.65 Å². The molecular weight excluding hydrogens is 306 g/mol. The van der Waals surface area contributed by atoms with Gasteiger partial charge in [0.25, 0.3) is 0 Å². The van der Waals surface area contributed by atoms with E-state index in [1.807, 2.05) is 6.07 Å². The molecule has 2 aromatic heterocycles. The predicted octanol–water partition coefficient (Wildman–Crippen LogP) is 4.48. The highest BCUT2D eigenvalue weighted by Crippen LogP contribution is 2.28. The summed E-state index contributed by atoms with van der Waals surface area (Å²) < 4.78 is 2.16.